The van der Waals surface area contributed by atoms with Crippen molar-refractivity contribution in [3.8, 4) is 5.75 Å². The second-order valence-corrected chi connectivity index (χ2v) is 7.47. The number of aryl methyl sites for hydroxylation is 2. The summed E-state index contributed by atoms with van der Waals surface area (Å²) in [6.07, 6.45) is 2.59. The van der Waals surface area contributed by atoms with Crippen molar-refractivity contribution in [3.63, 3.8) is 0 Å². The molecule has 142 valence electrons. The number of hydrogen-bond acceptors (Lipinski definition) is 5. The van der Waals surface area contributed by atoms with Crippen molar-refractivity contribution < 1.29 is 19.1 Å². The standard InChI is InChI=1S/C21H23NO4S/c1-14(21(24)22-17-7-9-18(25-2)10-8-17)26-20(23)13-27-19-11-6-15-4-3-5-16(15)12-19/h6-12,14H,3-5,13H2,1-2H3,(H,22,24)/t14-/m1/s1. The minimum absolute atomic E-state index is 0.180. The van der Waals surface area contributed by atoms with Gasteiger partial charge in [-0.1, -0.05) is 6.07 Å². The van der Waals surface area contributed by atoms with E-state index in [1.54, 1.807) is 38.3 Å². The Hall–Kier alpha value is -2.47. The number of carbonyl (C=O) groups excluding carboxylic acids is 2. The van der Waals surface area contributed by atoms with E-state index >= 15 is 0 Å². The number of amides is 1. The molecule has 0 bridgehead atoms. The first kappa shape index (κ1) is 19.3. The first-order valence-corrected chi connectivity index (χ1v) is 9.92. The summed E-state index contributed by atoms with van der Waals surface area (Å²) < 4.78 is 10.3. The number of esters is 1. The molecule has 3 rings (SSSR count). The zero-order valence-corrected chi connectivity index (χ0v) is 16.3. The summed E-state index contributed by atoms with van der Waals surface area (Å²) in [7, 11) is 1.58. The Bertz CT molecular complexity index is 819. The van der Waals surface area contributed by atoms with Crippen LogP contribution >= 0.6 is 11.8 Å². The molecule has 1 amide bonds. The van der Waals surface area contributed by atoms with Gasteiger partial charge in [0.1, 0.15) is 5.75 Å². The summed E-state index contributed by atoms with van der Waals surface area (Å²) in [6, 6.07) is 13.3. The molecule has 0 spiro atoms. The Kier molecular flexibility index (Phi) is 6.40. The summed E-state index contributed by atoms with van der Waals surface area (Å²) >= 11 is 1.44. The molecule has 0 saturated carbocycles. The number of fused-ring (bicyclic) bond motifs is 1. The smallest absolute Gasteiger partial charge is 0.317 e. The number of thioether (sulfide) groups is 1. The molecule has 1 aliphatic rings. The normalized spacial score (nSPS) is 13.6. The third kappa shape index (κ3) is 5.26. The van der Waals surface area contributed by atoms with Gasteiger partial charge in [-0.15, -0.1) is 11.8 Å². The third-order valence-corrected chi connectivity index (χ3v) is 5.43. The van der Waals surface area contributed by atoms with Gasteiger partial charge >= 0.3 is 5.97 Å². The molecule has 0 saturated heterocycles. The van der Waals surface area contributed by atoms with Gasteiger partial charge in [0.05, 0.1) is 12.9 Å². The zero-order valence-electron chi connectivity index (χ0n) is 15.5. The Morgan fingerprint density at radius 1 is 1.11 bits per heavy atom. The Balaban J connectivity index is 1.45. The molecular weight excluding hydrogens is 362 g/mol. The van der Waals surface area contributed by atoms with Crippen LogP contribution in [-0.4, -0.2) is 30.8 Å². The first-order valence-electron chi connectivity index (χ1n) is 8.94. The number of benzene rings is 2. The Morgan fingerprint density at radius 3 is 2.59 bits per heavy atom. The van der Waals surface area contributed by atoms with Crippen LogP contribution in [0.15, 0.2) is 47.4 Å². The van der Waals surface area contributed by atoms with Gasteiger partial charge in [-0.2, -0.15) is 0 Å². The van der Waals surface area contributed by atoms with Gasteiger partial charge in [0.25, 0.3) is 5.91 Å². The van der Waals surface area contributed by atoms with E-state index in [1.165, 1.54) is 29.3 Å². The highest BCUT2D eigenvalue weighted by Gasteiger charge is 2.18. The highest BCUT2D eigenvalue weighted by atomic mass is 32.2. The summed E-state index contributed by atoms with van der Waals surface area (Å²) in [5.41, 5.74) is 3.41. The van der Waals surface area contributed by atoms with Gasteiger partial charge in [-0.25, -0.2) is 0 Å². The van der Waals surface area contributed by atoms with E-state index in [4.69, 9.17) is 9.47 Å². The highest BCUT2D eigenvalue weighted by molar-refractivity contribution is 8.00. The van der Waals surface area contributed by atoms with E-state index in [0.29, 0.717) is 11.4 Å². The molecule has 0 radical (unpaired) electrons. The second kappa shape index (κ2) is 8.95. The number of nitrogens with one attached hydrogen (secondary N) is 1. The molecule has 0 aromatic heterocycles. The molecule has 0 unspecified atom stereocenters. The van der Waals surface area contributed by atoms with E-state index in [9.17, 15) is 9.59 Å². The number of ether oxygens (including phenoxy) is 2. The van der Waals surface area contributed by atoms with Crippen LogP contribution in [0.2, 0.25) is 0 Å². The van der Waals surface area contributed by atoms with Crippen LogP contribution in [0.4, 0.5) is 5.69 Å². The largest absolute Gasteiger partial charge is 0.497 e. The van der Waals surface area contributed by atoms with Crippen molar-refractivity contribution in [3.05, 3.63) is 53.6 Å². The lowest BCUT2D eigenvalue weighted by Crippen LogP contribution is -2.30. The topological polar surface area (TPSA) is 64.6 Å². The van der Waals surface area contributed by atoms with Gasteiger partial charge < -0.3 is 14.8 Å². The monoisotopic (exact) mass is 385 g/mol. The van der Waals surface area contributed by atoms with Gasteiger partial charge in [0, 0.05) is 10.6 Å². The highest BCUT2D eigenvalue weighted by Crippen LogP contribution is 2.27. The molecule has 0 heterocycles. The van der Waals surface area contributed by atoms with Crippen molar-refractivity contribution >= 4 is 29.3 Å². The van der Waals surface area contributed by atoms with Crippen LogP contribution in [0.5, 0.6) is 5.75 Å². The number of carbonyl (C=O) groups is 2. The fraction of sp³-hybridized carbons (Fsp3) is 0.333. The average molecular weight is 385 g/mol. The summed E-state index contributed by atoms with van der Waals surface area (Å²) in [5, 5.41) is 2.72. The molecule has 1 atom stereocenters. The van der Waals surface area contributed by atoms with Crippen LogP contribution in [0.1, 0.15) is 24.5 Å². The molecule has 1 aliphatic carbocycles. The number of rotatable bonds is 7. The summed E-state index contributed by atoms with van der Waals surface area (Å²) in [4.78, 5) is 25.3. The van der Waals surface area contributed by atoms with Gasteiger partial charge in [0.2, 0.25) is 0 Å². The molecule has 0 fully saturated rings. The molecule has 2 aromatic carbocycles. The minimum Gasteiger partial charge on any atom is -0.497 e. The second-order valence-electron chi connectivity index (χ2n) is 6.42. The van der Waals surface area contributed by atoms with Gasteiger partial charge in [-0.3, -0.25) is 9.59 Å². The lowest BCUT2D eigenvalue weighted by molar-refractivity contribution is -0.150. The predicted molar refractivity (Wildman–Crippen MR) is 106 cm³/mol. The van der Waals surface area contributed by atoms with Crippen LogP contribution in [-0.2, 0) is 27.2 Å². The molecule has 27 heavy (non-hydrogen) atoms. The first-order chi connectivity index (χ1) is 13.0. The summed E-state index contributed by atoms with van der Waals surface area (Å²) in [6.45, 7) is 1.57. The van der Waals surface area contributed by atoms with Crippen molar-refractivity contribution in [2.75, 3.05) is 18.2 Å². The fourth-order valence-electron chi connectivity index (χ4n) is 2.98. The molecule has 1 N–H and O–H groups in total. The third-order valence-electron chi connectivity index (χ3n) is 4.46. The van der Waals surface area contributed by atoms with Crippen LogP contribution < -0.4 is 10.1 Å². The van der Waals surface area contributed by atoms with E-state index in [2.05, 4.69) is 17.4 Å². The molecule has 0 aliphatic heterocycles. The Labute approximate surface area is 163 Å². The molecule has 6 heteroatoms. The lowest BCUT2D eigenvalue weighted by Gasteiger charge is -2.14. The van der Waals surface area contributed by atoms with Gasteiger partial charge in [-0.05, 0) is 73.7 Å². The molecular formula is C21H23NO4S. The van der Waals surface area contributed by atoms with Crippen LogP contribution in [0, 0.1) is 0 Å². The number of methoxy groups -OCH3 is 1. The fourth-order valence-corrected chi connectivity index (χ4v) is 3.73. The van der Waals surface area contributed by atoms with E-state index in [-0.39, 0.29) is 11.7 Å². The maximum atomic E-state index is 12.2. The van der Waals surface area contributed by atoms with Crippen LogP contribution in [0.3, 0.4) is 0 Å². The number of hydrogen-bond donors (Lipinski definition) is 1. The Morgan fingerprint density at radius 2 is 1.85 bits per heavy atom. The van der Waals surface area contributed by atoms with Crippen molar-refractivity contribution in [1.82, 2.24) is 0 Å². The maximum absolute atomic E-state index is 12.2. The van der Waals surface area contributed by atoms with Crippen molar-refractivity contribution in [2.24, 2.45) is 0 Å². The minimum atomic E-state index is -0.861. The maximum Gasteiger partial charge on any atom is 0.317 e. The van der Waals surface area contributed by atoms with Crippen molar-refractivity contribution in [2.45, 2.75) is 37.2 Å². The molecule has 5 nitrogen and oxygen atoms in total. The van der Waals surface area contributed by atoms with Crippen molar-refractivity contribution in [1.29, 1.82) is 0 Å². The summed E-state index contributed by atoms with van der Waals surface area (Å²) in [5.74, 6) is 0.115. The van der Waals surface area contributed by atoms with E-state index in [1.807, 2.05) is 6.07 Å². The van der Waals surface area contributed by atoms with E-state index < -0.39 is 12.1 Å². The SMILES string of the molecule is COc1ccc(NC(=O)[C@@H](C)OC(=O)CSc2ccc3c(c2)CCC3)cc1. The molecule has 2 aromatic rings. The van der Waals surface area contributed by atoms with Crippen LogP contribution in [0.25, 0.3) is 0 Å². The lowest BCUT2D eigenvalue weighted by atomic mass is 10.1. The predicted octanol–water partition coefficient (Wildman–Crippen LogP) is 3.85. The van der Waals surface area contributed by atoms with E-state index in [0.717, 1.165) is 17.7 Å². The average Bonchev–Trinajstić information content (AvgIpc) is 3.14. The van der Waals surface area contributed by atoms with Gasteiger partial charge in [0.15, 0.2) is 6.10 Å². The quantitative estimate of drug-likeness (QED) is 0.579. The number of anilines is 1. The zero-order chi connectivity index (χ0) is 19.2.